The van der Waals surface area contributed by atoms with E-state index in [2.05, 4.69) is 15.9 Å². The molecule has 1 saturated heterocycles. The Kier molecular flexibility index (Phi) is 5.94. The number of amides is 1. The van der Waals surface area contributed by atoms with Crippen LogP contribution in [0.3, 0.4) is 0 Å². The number of hydrogen-bond acceptors (Lipinski definition) is 6. The van der Waals surface area contributed by atoms with E-state index in [1.807, 2.05) is 50.2 Å². The molecular weight excluding hydrogens is 528 g/mol. The van der Waals surface area contributed by atoms with Gasteiger partial charge < -0.3 is 9.84 Å². The molecule has 5 rings (SSSR count). The quantitative estimate of drug-likeness (QED) is 0.183. The number of Topliss-reactive ketones (excluding diaryl/α,β-unsaturated/α-hetero) is 1. The normalized spacial score (nSPS) is 17.4. The summed E-state index contributed by atoms with van der Waals surface area (Å²) >= 11 is 4.79. The summed E-state index contributed by atoms with van der Waals surface area (Å²) in [5, 5.41) is 11.7. The molecular formula is C27H21BrN2O4S. The fourth-order valence-corrected chi connectivity index (χ4v) is 5.81. The summed E-state index contributed by atoms with van der Waals surface area (Å²) in [4.78, 5) is 32.9. The first kappa shape index (κ1) is 23.3. The summed E-state index contributed by atoms with van der Waals surface area (Å²) in [6.07, 6.45) is 0. The molecule has 6 nitrogen and oxygen atoms in total. The number of methoxy groups -OCH3 is 1. The molecule has 1 aliphatic rings. The van der Waals surface area contributed by atoms with Gasteiger partial charge in [-0.25, -0.2) is 4.98 Å². The predicted octanol–water partition coefficient (Wildman–Crippen LogP) is 6.31. The molecule has 1 aromatic heterocycles. The molecule has 3 aromatic carbocycles. The van der Waals surface area contributed by atoms with E-state index in [0.717, 1.165) is 25.8 Å². The molecule has 176 valence electrons. The Morgan fingerprint density at radius 2 is 1.83 bits per heavy atom. The number of aromatic nitrogens is 1. The minimum atomic E-state index is -0.837. The maximum absolute atomic E-state index is 13.4. The second-order valence-corrected chi connectivity index (χ2v) is 10.3. The third-order valence-corrected chi connectivity index (χ3v) is 7.53. The van der Waals surface area contributed by atoms with Gasteiger partial charge in [0.15, 0.2) is 5.13 Å². The van der Waals surface area contributed by atoms with Crippen LogP contribution in [-0.4, -0.2) is 28.9 Å². The van der Waals surface area contributed by atoms with Crippen LogP contribution < -0.4 is 9.64 Å². The maximum atomic E-state index is 13.4. The van der Waals surface area contributed by atoms with Crippen LogP contribution in [-0.2, 0) is 9.59 Å². The number of aryl methyl sites for hydroxylation is 2. The van der Waals surface area contributed by atoms with E-state index >= 15 is 0 Å². The van der Waals surface area contributed by atoms with E-state index in [9.17, 15) is 14.7 Å². The summed E-state index contributed by atoms with van der Waals surface area (Å²) in [6, 6.07) is 17.3. The van der Waals surface area contributed by atoms with E-state index in [4.69, 9.17) is 9.72 Å². The lowest BCUT2D eigenvalue weighted by Gasteiger charge is -2.23. The van der Waals surface area contributed by atoms with Crippen molar-refractivity contribution in [3.05, 3.63) is 93.0 Å². The number of nitrogens with zero attached hydrogens (tertiary/aromatic N) is 2. The number of rotatable bonds is 4. The Hall–Kier alpha value is -3.49. The zero-order valence-electron chi connectivity index (χ0n) is 19.2. The molecule has 0 bridgehead atoms. The van der Waals surface area contributed by atoms with Gasteiger partial charge in [-0.1, -0.05) is 57.6 Å². The van der Waals surface area contributed by atoms with Gasteiger partial charge in [-0.3, -0.25) is 14.5 Å². The SMILES string of the molecule is COc1cccc(/C(O)=C2\C(=O)C(=O)N(c3nc4c(C)cc(C)cc4s3)[C@@H]2c2ccc(Br)cc2)c1. The largest absolute Gasteiger partial charge is 0.507 e. The summed E-state index contributed by atoms with van der Waals surface area (Å²) in [5.74, 6) is -1.22. The van der Waals surface area contributed by atoms with E-state index < -0.39 is 17.7 Å². The molecule has 0 aliphatic carbocycles. The van der Waals surface area contributed by atoms with Crippen molar-refractivity contribution < 1.29 is 19.4 Å². The molecule has 1 N–H and O–H groups in total. The van der Waals surface area contributed by atoms with Crippen LogP contribution in [0.1, 0.15) is 28.3 Å². The Morgan fingerprint density at radius 1 is 1.09 bits per heavy atom. The van der Waals surface area contributed by atoms with Crippen LogP contribution in [0.15, 0.2) is 70.7 Å². The smallest absolute Gasteiger partial charge is 0.301 e. The van der Waals surface area contributed by atoms with Crippen molar-refractivity contribution in [2.45, 2.75) is 19.9 Å². The number of carbonyl (C=O) groups excluding carboxylic acids is 2. The van der Waals surface area contributed by atoms with Crippen LogP contribution in [0.2, 0.25) is 0 Å². The summed E-state index contributed by atoms with van der Waals surface area (Å²) in [6.45, 7) is 3.98. The number of aliphatic hydroxyl groups is 1. The molecule has 0 saturated carbocycles. The molecule has 1 atom stereocenters. The van der Waals surface area contributed by atoms with Gasteiger partial charge in [0.2, 0.25) is 0 Å². The van der Waals surface area contributed by atoms with Crippen molar-refractivity contribution in [3.63, 3.8) is 0 Å². The highest BCUT2D eigenvalue weighted by Crippen LogP contribution is 2.45. The lowest BCUT2D eigenvalue weighted by atomic mass is 9.95. The van der Waals surface area contributed by atoms with Gasteiger partial charge >= 0.3 is 5.91 Å². The number of fused-ring (bicyclic) bond motifs is 1. The zero-order chi connectivity index (χ0) is 24.9. The fraction of sp³-hybridized carbons (Fsp3) is 0.148. The number of anilines is 1. The number of aliphatic hydroxyl groups excluding tert-OH is 1. The molecule has 0 unspecified atom stereocenters. The van der Waals surface area contributed by atoms with Crippen LogP contribution in [0, 0.1) is 13.8 Å². The number of ketones is 1. The highest BCUT2D eigenvalue weighted by atomic mass is 79.9. The monoisotopic (exact) mass is 548 g/mol. The topological polar surface area (TPSA) is 79.7 Å². The van der Waals surface area contributed by atoms with Crippen LogP contribution in [0.4, 0.5) is 5.13 Å². The second-order valence-electron chi connectivity index (χ2n) is 8.38. The maximum Gasteiger partial charge on any atom is 0.301 e. The van der Waals surface area contributed by atoms with Gasteiger partial charge in [0, 0.05) is 10.0 Å². The van der Waals surface area contributed by atoms with Gasteiger partial charge in [-0.05, 0) is 60.9 Å². The number of thiazole rings is 1. The second kappa shape index (κ2) is 8.94. The molecule has 35 heavy (non-hydrogen) atoms. The van der Waals surface area contributed by atoms with Crippen molar-refractivity contribution >= 4 is 60.1 Å². The van der Waals surface area contributed by atoms with Crippen LogP contribution in [0.25, 0.3) is 16.0 Å². The van der Waals surface area contributed by atoms with Crippen molar-refractivity contribution in [1.82, 2.24) is 4.98 Å². The van der Waals surface area contributed by atoms with Crippen molar-refractivity contribution in [2.75, 3.05) is 12.0 Å². The summed E-state index contributed by atoms with van der Waals surface area (Å²) in [5.41, 5.74) is 3.97. The number of carbonyl (C=O) groups is 2. The average molecular weight is 549 g/mol. The first-order valence-electron chi connectivity index (χ1n) is 10.9. The molecule has 1 amide bonds. The molecule has 0 radical (unpaired) electrons. The highest BCUT2D eigenvalue weighted by Gasteiger charge is 2.48. The predicted molar refractivity (Wildman–Crippen MR) is 141 cm³/mol. The number of halogens is 1. The Labute approximate surface area is 214 Å². The first-order chi connectivity index (χ1) is 16.8. The molecule has 0 spiro atoms. The van der Waals surface area contributed by atoms with Crippen molar-refractivity contribution in [2.24, 2.45) is 0 Å². The Morgan fingerprint density at radius 3 is 2.54 bits per heavy atom. The molecule has 2 heterocycles. The average Bonchev–Trinajstić information content (AvgIpc) is 3.38. The molecule has 8 heteroatoms. The fourth-order valence-electron chi connectivity index (χ4n) is 4.38. The van der Waals surface area contributed by atoms with Gasteiger partial charge in [-0.15, -0.1) is 0 Å². The Bertz CT molecular complexity index is 1520. The van der Waals surface area contributed by atoms with E-state index in [1.54, 1.807) is 24.3 Å². The van der Waals surface area contributed by atoms with Gasteiger partial charge in [0.1, 0.15) is 11.5 Å². The minimum absolute atomic E-state index is 0.0118. The molecule has 1 fully saturated rings. The number of hydrogen-bond donors (Lipinski definition) is 1. The zero-order valence-corrected chi connectivity index (χ0v) is 21.6. The summed E-state index contributed by atoms with van der Waals surface area (Å²) in [7, 11) is 1.52. The highest BCUT2D eigenvalue weighted by molar-refractivity contribution is 9.10. The van der Waals surface area contributed by atoms with Gasteiger partial charge in [0.05, 0.1) is 28.9 Å². The van der Waals surface area contributed by atoms with Crippen LogP contribution in [0.5, 0.6) is 5.75 Å². The number of benzene rings is 3. The standard InChI is InChI=1S/C27H21BrN2O4S/c1-14-11-15(2)22-20(12-14)35-27(29-22)30-23(16-7-9-18(28)10-8-16)21(25(32)26(30)33)24(31)17-5-4-6-19(13-17)34-3/h4-13,23,31H,1-3H3/b24-21+/t23-/m1/s1. The van der Waals surface area contributed by atoms with Crippen molar-refractivity contribution in [3.8, 4) is 5.75 Å². The number of ether oxygens (including phenoxy) is 1. The summed E-state index contributed by atoms with van der Waals surface area (Å²) < 4.78 is 7.07. The van der Waals surface area contributed by atoms with Crippen molar-refractivity contribution in [1.29, 1.82) is 0 Å². The van der Waals surface area contributed by atoms with E-state index in [0.29, 0.717) is 22.0 Å². The third-order valence-electron chi connectivity index (χ3n) is 6.00. The molecule has 4 aromatic rings. The lowest BCUT2D eigenvalue weighted by molar-refractivity contribution is -0.132. The minimum Gasteiger partial charge on any atom is -0.507 e. The first-order valence-corrected chi connectivity index (χ1v) is 12.5. The Balaban J connectivity index is 1.74. The van der Waals surface area contributed by atoms with Crippen LogP contribution >= 0.6 is 27.3 Å². The van der Waals surface area contributed by atoms with Gasteiger partial charge in [0.25, 0.3) is 5.78 Å². The third kappa shape index (κ3) is 4.02. The van der Waals surface area contributed by atoms with E-state index in [1.165, 1.54) is 23.3 Å². The lowest BCUT2D eigenvalue weighted by Crippen LogP contribution is -2.29. The van der Waals surface area contributed by atoms with Gasteiger partial charge in [-0.2, -0.15) is 0 Å². The molecule has 1 aliphatic heterocycles. The van der Waals surface area contributed by atoms with E-state index in [-0.39, 0.29) is 11.3 Å².